The highest BCUT2D eigenvalue weighted by atomic mass is 79.9. The first-order valence-corrected chi connectivity index (χ1v) is 9.28. The molecule has 0 spiro atoms. The Labute approximate surface area is 151 Å². The molecule has 0 fully saturated rings. The first-order valence-electron chi connectivity index (χ1n) is 7.27. The summed E-state index contributed by atoms with van der Waals surface area (Å²) in [5.74, 6) is 2.17. The fraction of sp³-hybridized carbons (Fsp3) is 0.562. The van der Waals surface area contributed by atoms with Gasteiger partial charge in [-0.25, -0.2) is 0 Å². The van der Waals surface area contributed by atoms with E-state index in [2.05, 4.69) is 51.7 Å². The van der Waals surface area contributed by atoms with E-state index in [1.165, 1.54) is 0 Å². The average Bonchev–Trinajstić information content (AvgIpc) is 2.54. The number of ether oxygens (including phenoxy) is 2. The van der Waals surface area contributed by atoms with E-state index in [1.807, 2.05) is 23.9 Å². The summed E-state index contributed by atoms with van der Waals surface area (Å²) in [4.78, 5) is 4.26. The lowest BCUT2D eigenvalue weighted by molar-refractivity contribution is 0.352. The average molecular weight is 404 g/mol. The van der Waals surface area contributed by atoms with Crippen LogP contribution in [0.3, 0.4) is 0 Å². The van der Waals surface area contributed by atoms with E-state index in [0.29, 0.717) is 18.0 Å². The Morgan fingerprint density at radius 2 is 1.96 bits per heavy atom. The molecule has 1 aromatic rings. The maximum absolute atomic E-state index is 5.37. The number of hydrogen-bond acceptors (Lipinski definition) is 4. The molecule has 0 heterocycles. The van der Waals surface area contributed by atoms with Gasteiger partial charge in [0.1, 0.15) is 0 Å². The molecule has 2 N–H and O–H groups in total. The number of benzene rings is 1. The fourth-order valence-corrected chi connectivity index (χ4v) is 2.72. The minimum absolute atomic E-state index is 0.157. The summed E-state index contributed by atoms with van der Waals surface area (Å²) in [6.07, 6.45) is 2.11. The van der Waals surface area contributed by atoms with Gasteiger partial charge in [-0.1, -0.05) is 0 Å². The Morgan fingerprint density at radius 3 is 2.48 bits per heavy atom. The van der Waals surface area contributed by atoms with Crippen LogP contribution in [0.25, 0.3) is 0 Å². The van der Waals surface area contributed by atoms with Gasteiger partial charge in [0.05, 0.1) is 18.7 Å². The number of rotatable bonds is 7. The molecule has 0 saturated carbocycles. The molecule has 0 radical (unpaired) electrons. The highest BCUT2D eigenvalue weighted by molar-refractivity contribution is 9.10. The van der Waals surface area contributed by atoms with Gasteiger partial charge >= 0.3 is 0 Å². The third-order valence-corrected chi connectivity index (χ3v) is 5.25. The van der Waals surface area contributed by atoms with Crippen LogP contribution in [0.15, 0.2) is 21.6 Å². The number of thioether (sulfide) groups is 1. The van der Waals surface area contributed by atoms with Crippen LogP contribution >= 0.6 is 27.7 Å². The van der Waals surface area contributed by atoms with Crippen molar-refractivity contribution in [3.8, 4) is 11.5 Å². The lowest BCUT2D eigenvalue weighted by Crippen LogP contribution is -2.42. The summed E-state index contributed by atoms with van der Waals surface area (Å²) in [6.45, 7) is 5.87. The summed E-state index contributed by atoms with van der Waals surface area (Å²) in [6, 6.07) is 3.96. The Kier molecular flexibility index (Phi) is 8.05. The number of guanidine groups is 1. The van der Waals surface area contributed by atoms with E-state index in [9.17, 15) is 0 Å². The second kappa shape index (κ2) is 9.27. The number of aliphatic imine (C=N–C) groups is 1. The van der Waals surface area contributed by atoms with Gasteiger partial charge < -0.3 is 20.1 Å². The Bertz CT molecular complexity index is 550. The Morgan fingerprint density at radius 1 is 1.26 bits per heavy atom. The molecular weight excluding hydrogens is 378 g/mol. The van der Waals surface area contributed by atoms with Crippen molar-refractivity contribution in [1.82, 2.24) is 10.6 Å². The minimum Gasteiger partial charge on any atom is -0.493 e. The van der Waals surface area contributed by atoms with Gasteiger partial charge in [-0.3, -0.25) is 4.99 Å². The third kappa shape index (κ3) is 6.14. The summed E-state index contributed by atoms with van der Waals surface area (Å²) < 4.78 is 11.7. The van der Waals surface area contributed by atoms with Crippen molar-refractivity contribution in [3.05, 3.63) is 22.2 Å². The second-order valence-corrected chi connectivity index (χ2v) is 7.92. The second-order valence-electron chi connectivity index (χ2n) is 5.56. The van der Waals surface area contributed by atoms with Crippen molar-refractivity contribution in [2.24, 2.45) is 4.99 Å². The molecule has 0 bridgehead atoms. The standard InChI is InChI=1S/C16H26BrN3O2S/c1-16(2,23-6)10-20-15(18-3)19-9-11-7-12(17)14(22-5)13(8-11)21-4/h7-8H,9-10H2,1-6H3,(H2,18,19,20). The van der Waals surface area contributed by atoms with Gasteiger partial charge in [0.25, 0.3) is 0 Å². The summed E-state index contributed by atoms with van der Waals surface area (Å²) in [5.41, 5.74) is 1.07. The minimum atomic E-state index is 0.157. The Hall–Kier alpha value is -1.08. The predicted molar refractivity (Wildman–Crippen MR) is 103 cm³/mol. The van der Waals surface area contributed by atoms with Crippen LogP contribution in [0.4, 0.5) is 0 Å². The van der Waals surface area contributed by atoms with Crippen LogP contribution in [0, 0.1) is 0 Å². The zero-order valence-electron chi connectivity index (χ0n) is 14.6. The summed E-state index contributed by atoms with van der Waals surface area (Å²) >= 11 is 5.33. The van der Waals surface area contributed by atoms with E-state index in [1.54, 1.807) is 21.3 Å². The topological polar surface area (TPSA) is 54.9 Å². The van der Waals surface area contributed by atoms with Crippen LogP contribution in [-0.2, 0) is 6.54 Å². The van der Waals surface area contributed by atoms with Crippen LogP contribution in [0.1, 0.15) is 19.4 Å². The van der Waals surface area contributed by atoms with E-state index in [4.69, 9.17) is 9.47 Å². The van der Waals surface area contributed by atoms with Gasteiger partial charge in [0, 0.05) is 24.9 Å². The molecule has 0 amide bonds. The molecule has 7 heteroatoms. The smallest absolute Gasteiger partial charge is 0.191 e. The fourth-order valence-electron chi connectivity index (χ4n) is 1.85. The van der Waals surface area contributed by atoms with E-state index >= 15 is 0 Å². The van der Waals surface area contributed by atoms with E-state index in [0.717, 1.165) is 22.5 Å². The molecule has 0 atom stereocenters. The largest absolute Gasteiger partial charge is 0.493 e. The molecule has 5 nitrogen and oxygen atoms in total. The van der Waals surface area contributed by atoms with Crippen LogP contribution in [-0.4, -0.2) is 44.8 Å². The molecule has 0 saturated heterocycles. The Balaban J connectivity index is 2.71. The maximum Gasteiger partial charge on any atom is 0.191 e. The number of methoxy groups -OCH3 is 2. The van der Waals surface area contributed by atoms with Crippen molar-refractivity contribution in [3.63, 3.8) is 0 Å². The predicted octanol–water partition coefficient (Wildman–Crippen LogP) is 3.27. The summed E-state index contributed by atoms with van der Waals surface area (Å²) in [5, 5.41) is 6.66. The zero-order chi connectivity index (χ0) is 17.5. The van der Waals surface area contributed by atoms with Crippen molar-refractivity contribution >= 4 is 33.7 Å². The van der Waals surface area contributed by atoms with E-state index < -0.39 is 0 Å². The number of halogens is 1. The first-order chi connectivity index (χ1) is 10.9. The molecule has 23 heavy (non-hydrogen) atoms. The van der Waals surface area contributed by atoms with Gasteiger partial charge in [-0.2, -0.15) is 11.8 Å². The lowest BCUT2D eigenvalue weighted by atomic mass is 10.2. The van der Waals surface area contributed by atoms with Gasteiger partial charge in [0.2, 0.25) is 0 Å². The number of nitrogens with zero attached hydrogens (tertiary/aromatic N) is 1. The third-order valence-electron chi connectivity index (χ3n) is 3.41. The van der Waals surface area contributed by atoms with Crippen LogP contribution in [0.5, 0.6) is 11.5 Å². The number of hydrogen-bond donors (Lipinski definition) is 2. The number of nitrogens with one attached hydrogen (secondary N) is 2. The van der Waals surface area contributed by atoms with Crippen molar-refractivity contribution in [2.75, 3.05) is 34.1 Å². The van der Waals surface area contributed by atoms with Gasteiger partial charge in [-0.15, -0.1) is 0 Å². The molecule has 0 aromatic heterocycles. The quantitative estimate of drug-likeness (QED) is 0.540. The molecule has 1 aromatic carbocycles. The van der Waals surface area contributed by atoms with Crippen LogP contribution in [0.2, 0.25) is 0 Å². The molecule has 0 aliphatic heterocycles. The molecule has 0 aliphatic rings. The lowest BCUT2D eigenvalue weighted by Gasteiger charge is -2.23. The molecule has 1 rings (SSSR count). The summed E-state index contributed by atoms with van der Waals surface area (Å²) in [7, 11) is 5.03. The highest BCUT2D eigenvalue weighted by Crippen LogP contribution is 2.36. The van der Waals surface area contributed by atoms with Crippen molar-refractivity contribution in [2.45, 2.75) is 25.1 Å². The molecule has 0 aliphatic carbocycles. The highest BCUT2D eigenvalue weighted by Gasteiger charge is 2.16. The SMILES string of the molecule is CN=C(NCc1cc(Br)c(OC)c(OC)c1)NCC(C)(C)SC. The van der Waals surface area contributed by atoms with E-state index in [-0.39, 0.29) is 4.75 Å². The first kappa shape index (κ1) is 20.0. The van der Waals surface area contributed by atoms with Crippen molar-refractivity contribution < 1.29 is 9.47 Å². The molecular formula is C16H26BrN3O2S. The van der Waals surface area contributed by atoms with Gasteiger partial charge in [-0.05, 0) is 53.7 Å². The monoisotopic (exact) mass is 403 g/mol. The zero-order valence-corrected chi connectivity index (χ0v) is 17.0. The maximum atomic E-state index is 5.37. The van der Waals surface area contributed by atoms with Crippen molar-refractivity contribution in [1.29, 1.82) is 0 Å². The normalized spacial score (nSPS) is 12.0. The molecule has 130 valence electrons. The van der Waals surface area contributed by atoms with Crippen LogP contribution < -0.4 is 20.1 Å². The molecule has 0 unspecified atom stereocenters. The van der Waals surface area contributed by atoms with Gasteiger partial charge in [0.15, 0.2) is 17.5 Å².